The first-order valence-electron chi connectivity index (χ1n) is 8.89. The number of anilines is 1. The Morgan fingerprint density at radius 1 is 0.933 bits per heavy atom. The molecule has 30 heavy (non-hydrogen) atoms. The van der Waals surface area contributed by atoms with E-state index in [-0.39, 0.29) is 27.1 Å². The molecule has 0 spiro atoms. The summed E-state index contributed by atoms with van der Waals surface area (Å²) in [6.45, 7) is 0.449. The third kappa shape index (κ3) is 6.15. The highest BCUT2D eigenvalue weighted by Gasteiger charge is 2.16. The second-order valence-electron chi connectivity index (χ2n) is 6.17. The van der Waals surface area contributed by atoms with Crippen LogP contribution in [0.1, 0.15) is 10.4 Å². The smallest absolute Gasteiger partial charge is 0.261 e. The van der Waals surface area contributed by atoms with Gasteiger partial charge in [-0.2, -0.15) is 0 Å². The molecule has 0 atom stereocenters. The van der Waals surface area contributed by atoms with Gasteiger partial charge < -0.3 is 5.32 Å². The van der Waals surface area contributed by atoms with Crippen LogP contribution in [0.3, 0.4) is 0 Å². The van der Waals surface area contributed by atoms with Gasteiger partial charge in [0.1, 0.15) is 0 Å². The molecule has 5 nitrogen and oxygen atoms in total. The van der Waals surface area contributed by atoms with Crippen molar-refractivity contribution < 1.29 is 13.2 Å². The fourth-order valence-electron chi connectivity index (χ4n) is 2.54. The summed E-state index contributed by atoms with van der Waals surface area (Å²) in [5.41, 5.74) is 0.550. The lowest BCUT2D eigenvalue weighted by Gasteiger charge is -2.11. The number of rotatable bonds is 8. The Labute approximate surface area is 189 Å². The Morgan fingerprint density at radius 3 is 2.30 bits per heavy atom. The van der Waals surface area contributed by atoms with Crippen molar-refractivity contribution >= 4 is 56.6 Å². The number of nitrogens with one attached hydrogen (secondary N) is 2. The summed E-state index contributed by atoms with van der Waals surface area (Å²) in [5, 5.41) is 3.64. The molecule has 0 aromatic heterocycles. The normalized spacial score (nSPS) is 11.1. The highest BCUT2D eigenvalue weighted by molar-refractivity contribution is 7.99. The van der Waals surface area contributed by atoms with Gasteiger partial charge in [0, 0.05) is 22.2 Å². The molecule has 3 aromatic rings. The quantitative estimate of drug-likeness (QED) is 0.338. The molecule has 3 aromatic carbocycles. The monoisotopic (exact) mass is 480 g/mol. The molecule has 0 bridgehead atoms. The zero-order valence-corrected chi connectivity index (χ0v) is 18.8. The summed E-state index contributed by atoms with van der Waals surface area (Å²) < 4.78 is 27.3. The van der Waals surface area contributed by atoms with Crippen LogP contribution in [0.15, 0.2) is 82.6 Å². The average Bonchev–Trinajstić information content (AvgIpc) is 2.73. The number of hydrogen-bond donors (Lipinski definition) is 2. The Bertz CT molecular complexity index is 1120. The van der Waals surface area contributed by atoms with E-state index in [1.807, 2.05) is 24.3 Å². The van der Waals surface area contributed by atoms with E-state index in [4.69, 9.17) is 23.2 Å². The van der Waals surface area contributed by atoms with Gasteiger partial charge in [-0.3, -0.25) is 9.52 Å². The van der Waals surface area contributed by atoms with Gasteiger partial charge >= 0.3 is 0 Å². The molecule has 0 aliphatic carbocycles. The van der Waals surface area contributed by atoms with Gasteiger partial charge in [0.05, 0.1) is 21.2 Å². The zero-order valence-electron chi connectivity index (χ0n) is 15.6. The number of hydrogen-bond acceptors (Lipinski definition) is 4. The molecule has 0 aliphatic heterocycles. The molecule has 0 fully saturated rings. The first-order chi connectivity index (χ1) is 14.3. The summed E-state index contributed by atoms with van der Waals surface area (Å²) in [6.07, 6.45) is 0. The Kier molecular flexibility index (Phi) is 7.66. The van der Waals surface area contributed by atoms with Crippen molar-refractivity contribution in [3.63, 3.8) is 0 Å². The Balaban J connectivity index is 1.56. The number of amides is 1. The average molecular weight is 481 g/mol. The number of carbonyl (C=O) groups is 1. The fourth-order valence-corrected chi connectivity index (χ4v) is 4.77. The molecule has 1 amide bonds. The summed E-state index contributed by atoms with van der Waals surface area (Å²) >= 11 is 13.7. The van der Waals surface area contributed by atoms with E-state index in [0.717, 1.165) is 4.90 Å². The van der Waals surface area contributed by atoms with Gasteiger partial charge in [0.2, 0.25) is 0 Å². The number of benzene rings is 3. The fraction of sp³-hybridized carbons (Fsp3) is 0.0952. The van der Waals surface area contributed by atoms with E-state index in [1.54, 1.807) is 30.0 Å². The molecule has 156 valence electrons. The van der Waals surface area contributed by atoms with Gasteiger partial charge in [0.15, 0.2) is 0 Å². The molecule has 0 unspecified atom stereocenters. The standard InChI is InChI=1S/C21H18Cl2N2O3S2/c22-15-6-9-17(10-7-15)29-13-12-24-21(26)19-11-8-16(14-20(19)23)25-30(27,28)18-4-2-1-3-5-18/h1-11,14,25H,12-13H2,(H,24,26). The molecule has 9 heteroatoms. The van der Waals surface area contributed by atoms with Crippen LogP contribution in [-0.2, 0) is 10.0 Å². The maximum Gasteiger partial charge on any atom is 0.261 e. The van der Waals surface area contributed by atoms with Crippen LogP contribution < -0.4 is 10.0 Å². The number of carbonyl (C=O) groups excluding carboxylic acids is 1. The number of halogens is 2. The summed E-state index contributed by atoms with van der Waals surface area (Å²) in [4.78, 5) is 13.6. The van der Waals surface area contributed by atoms with Crippen molar-refractivity contribution in [2.45, 2.75) is 9.79 Å². The zero-order chi connectivity index (χ0) is 21.6. The van der Waals surface area contributed by atoms with Crippen LogP contribution in [-0.4, -0.2) is 26.6 Å². The largest absolute Gasteiger partial charge is 0.351 e. The SMILES string of the molecule is O=C(NCCSc1ccc(Cl)cc1)c1ccc(NS(=O)(=O)c2ccccc2)cc1Cl. The van der Waals surface area contributed by atoms with Gasteiger partial charge in [-0.1, -0.05) is 41.4 Å². The van der Waals surface area contributed by atoms with Crippen molar-refractivity contribution in [3.05, 3.63) is 88.4 Å². The van der Waals surface area contributed by atoms with E-state index in [0.29, 0.717) is 17.3 Å². The molecule has 0 saturated heterocycles. The second-order valence-corrected chi connectivity index (χ2v) is 9.87. The Morgan fingerprint density at radius 2 is 1.63 bits per heavy atom. The predicted molar refractivity (Wildman–Crippen MR) is 123 cm³/mol. The highest BCUT2D eigenvalue weighted by atomic mass is 35.5. The Hall–Kier alpha value is -2.19. The minimum Gasteiger partial charge on any atom is -0.351 e. The minimum atomic E-state index is -3.73. The minimum absolute atomic E-state index is 0.140. The van der Waals surface area contributed by atoms with Crippen LogP contribution in [0, 0.1) is 0 Å². The van der Waals surface area contributed by atoms with E-state index in [1.165, 1.54) is 30.3 Å². The van der Waals surface area contributed by atoms with Crippen molar-refractivity contribution in [1.29, 1.82) is 0 Å². The van der Waals surface area contributed by atoms with Gasteiger partial charge in [-0.25, -0.2) is 8.42 Å². The second kappa shape index (κ2) is 10.2. The summed E-state index contributed by atoms with van der Waals surface area (Å²) in [7, 11) is -3.73. The number of thioether (sulfide) groups is 1. The van der Waals surface area contributed by atoms with Crippen LogP contribution in [0.5, 0.6) is 0 Å². The van der Waals surface area contributed by atoms with Gasteiger partial charge in [0.25, 0.3) is 15.9 Å². The van der Waals surface area contributed by atoms with E-state index < -0.39 is 10.0 Å². The van der Waals surface area contributed by atoms with Crippen LogP contribution in [0.4, 0.5) is 5.69 Å². The van der Waals surface area contributed by atoms with Crippen LogP contribution in [0.25, 0.3) is 0 Å². The molecule has 3 rings (SSSR count). The highest BCUT2D eigenvalue weighted by Crippen LogP contribution is 2.24. The molecule has 0 saturated carbocycles. The van der Waals surface area contributed by atoms with E-state index in [9.17, 15) is 13.2 Å². The predicted octanol–water partition coefficient (Wildman–Crippen LogP) is 5.32. The summed E-state index contributed by atoms with van der Waals surface area (Å²) in [5.74, 6) is 0.356. The molecule has 0 heterocycles. The maximum absolute atomic E-state index is 12.4. The third-order valence-corrected chi connectivity index (χ3v) is 6.97. The van der Waals surface area contributed by atoms with Crippen molar-refractivity contribution in [1.82, 2.24) is 5.32 Å². The number of sulfonamides is 1. The van der Waals surface area contributed by atoms with E-state index >= 15 is 0 Å². The molecule has 2 N–H and O–H groups in total. The third-order valence-electron chi connectivity index (χ3n) is 3.99. The lowest BCUT2D eigenvalue weighted by Crippen LogP contribution is -2.26. The van der Waals surface area contributed by atoms with Crippen LogP contribution >= 0.6 is 35.0 Å². The topological polar surface area (TPSA) is 75.3 Å². The van der Waals surface area contributed by atoms with Gasteiger partial charge in [-0.05, 0) is 54.6 Å². The lowest BCUT2D eigenvalue weighted by molar-refractivity contribution is 0.0956. The molecule has 0 radical (unpaired) electrons. The van der Waals surface area contributed by atoms with Crippen molar-refractivity contribution in [2.24, 2.45) is 0 Å². The summed E-state index contributed by atoms with van der Waals surface area (Å²) in [6, 6.07) is 19.9. The maximum atomic E-state index is 12.4. The lowest BCUT2D eigenvalue weighted by atomic mass is 10.2. The van der Waals surface area contributed by atoms with Gasteiger partial charge in [-0.15, -0.1) is 11.8 Å². The molecule has 0 aliphatic rings. The van der Waals surface area contributed by atoms with Crippen molar-refractivity contribution in [2.75, 3.05) is 17.0 Å². The van der Waals surface area contributed by atoms with E-state index in [2.05, 4.69) is 10.0 Å². The molecular formula is C21H18Cl2N2O3S2. The van der Waals surface area contributed by atoms with Crippen molar-refractivity contribution in [3.8, 4) is 0 Å². The first kappa shape index (κ1) is 22.5. The molecular weight excluding hydrogens is 463 g/mol. The first-order valence-corrected chi connectivity index (χ1v) is 12.1. The van der Waals surface area contributed by atoms with Crippen LogP contribution in [0.2, 0.25) is 10.0 Å².